The fourth-order valence-electron chi connectivity index (χ4n) is 2.61. The zero-order valence-corrected chi connectivity index (χ0v) is 12.7. The maximum atomic E-state index is 12.0. The van der Waals surface area contributed by atoms with E-state index in [-0.39, 0.29) is 17.9 Å². The smallest absolute Gasteiger partial charge is 0.267 e. The van der Waals surface area contributed by atoms with E-state index < -0.39 is 0 Å². The lowest BCUT2D eigenvalue weighted by Gasteiger charge is -2.17. The van der Waals surface area contributed by atoms with Gasteiger partial charge in [0, 0.05) is 19.2 Å². The lowest BCUT2D eigenvalue weighted by Crippen LogP contribution is -2.38. The molecule has 2 heterocycles. The lowest BCUT2D eigenvalue weighted by atomic mass is 10.2. The van der Waals surface area contributed by atoms with Crippen LogP contribution in [-0.2, 0) is 4.79 Å². The van der Waals surface area contributed by atoms with Crippen molar-refractivity contribution in [1.82, 2.24) is 15.2 Å². The Morgan fingerprint density at radius 1 is 1.26 bits per heavy atom. The highest BCUT2D eigenvalue weighted by Gasteiger charge is 2.30. The van der Waals surface area contributed by atoms with Crippen LogP contribution in [0.5, 0.6) is 5.75 Å². The summed E-state index contributed by atoms with van der Waals surface area (Å²) >= 11 is 0. The number of hydrogen-bond acceptors (Lipinski definition) is 3. The number of nitrogens with zero attached hydrogens (tertiary/aromatic N) is 1. The minimum atomic E-state index is -0.185. The number of likely N-dealkylation sites (tertiary alicyclic amines) is 1. The molecule has 1 unspecified atom stereocenters. The topological polar surface area (TPSA) is 74.4 Å². The first-order valence-corrected chi connectivity index (χ1v) is 7.62. The maximum absolute atomic E-state index is 12.0. The maximum Gasteiger partial charge on any atom is 0.267 e. The number of amides is 2. The fraction of sp³-hybridized carbons (Fsp3) is 0.294. The molecule has 2 N–H and O–H groups in total. The summed E-state index contributed by atoms with van der Waals surface area (Å²) < 4.78 is 5.61. The van der Waals surface area contributed by atoms with Crippen molar-refractivity contribution in [2.24, 2.45) is 0 Å². The van der Waals surface area contributed by atoms with Crippen molar-refractivity contribution in [1.29, 1.82) is 0 Å². The summed E-state index contributed by atoms with van der Waals surface area (Å²) in [6, 6.07) is 12.8. The van der Waals surface area contributed by atoms with Gasteiger partial charge in [-0.15, -0.1) is 0 Å². The molecule has 120 valence electrons. The van der Waals surface area contributed by atoms with Gasteiger partial charge in [-0.25, -0.2) is 0 Å². The van der Waals surface area contributed by atoms with E-state index in [0.717, 1.165) is 5.75 Å². The molecule has 1 aliphatic heterocycles. The van der Waals surface area contributed by atoms with Gasteiger partial charge < -0.3 is 19.9 Å². The summed E-state index contributed by atoms with van der Waals surface area (Å²) in [6.07, 6.45) is 2.03. The number of para-hydroxylation sites is 1. The van der Waals surface area contributed by atoms with Crippen molar-refractivity contribution in [2.45, 2.75) is 12.5 Å². The summed E-state index contributed by atoms with van der Waals surface area (Å²) in [5, 5.41) is 2.88. The first kappa shape index (κ1) is 15.1. The predicted octanol–water partition coefficient (Wildman–Crippen LogP) is 1.42. The van der Waals surface area contributed by atoms with Gasteiger partial charge >= 0.3 is 0 Å². The van der Waals surface area contributed by atoms with E-state index in [1.807, 2.05) is 30.3 Å². The number of rotatable bonds is 6. The molecule has 0 spiro atoms. The summed E-state index contributed by atoms with van der Waals surface area (Å²) in [5.74, 6) is 0.643. The monoisotopic (exact) mass is 313 g/mol. The first-order chi connectivity index (χ1) is 11.2. The Bertz CT molecular complexity index is 655. The van der Waals surface area contributed by atoms with Gasteiger partial charge in [-0.3, -0.25) is 9.59 Å². The van der Waals surface area contributed by atoms with Gasteiger partial charge in [0.25, 0.3) is 5.91 Å². The molecule has 1 atom stereocenters. The van der Waals surface area contributed by atoms with Gasteiger partial charge in [0.1, 0.15) is 18.1 Å². The third-order valence-electron chi connectivity index (χ3n) is 3.77. The van der Waals surface area contributed by atoms with Crippen LogP contribution in [0.25, 0.3) is 0 Å². The fourth-order valence-corrected chi connectivity index (χ4v) is 2.61. The van der Waals surface area contributed by atoms with Gasteiger partial charge in [-0.2, -0.15) is 0 Å². The molecule has 1 aliphatic rings. The molecular formula is C17H19N3O3. The van der Waals surface area contributed by atoms with Crippen molar-refractivity contribution < 1.29 is 14.3 Å². The largest absolute Gasteiger partial charge is 0.492 e. The van der Waals surface area contributed by atoms with Crippen LogP contribution in [0.4, 0.5) is 0 Å². The number of aromatic nitrogens is 1. The Kier molecular flexibility index (Phi) is 4.61. The van der Waals surface area contributed by atoms with Crippen LogP contribution in [0.1, 0.15) is 16.9 Å². The molecule has 1 aromatic heterocycles. The zero-order chi connectivity index (χ0) is 16.1. The van der Waals surface area contributed by atoms with Gasteiger partial charge in [0.05, 0.1) is 12.6 Å². The number of hydrogen-bond donors (Lipinski definition) is 2. The molecule has 0 radical (unpaired) electrons. The molecular weight excluding hydrogens is 294 g/mol. The lowest BCUT2D eigenvalue weighted by molar-refractivity contribution is -0.128. The van der Waals surface area contributed by atoms with Crippen LogP contribution >= 0.6 is 0 Å². The van der Waals surface area contributed by atoms with Gasteiger partial charge in [0.2, 0.25) is 5.91 Å². The van der Waals surface area contributed by atoms with Crippen LogP contribution < -0.4 is 10.1 Å². The van der Waals surface area contributed by atoms with E-state index in [4.69, 9.17) is 4.74 Å². The number of nitrogens with one attached hydrogen (secondary N) is 2. The van der Waals surface area contributed by atoms with Gasteiger partial charge in [-0.05, 0) is 24.3 Å². The first-order valence-electron chi connectivity index (χ1n) is 7.62. The highest BCUT2D eigenvalue weighted by atomic mass is 16.5. The van der Waals surface area contributed by atoms with Crippen molar-refractivity contribution in [3.63, 3.8) is 0 Å². The zero-order valence-electron chi connectivity index (χ0n) is 12.7. The Morgan fingerprint density at radius 3 is 2.83 bits per heavy atom. The standard InChI is InChI=1S/C17H19N3O3/c21-16-11-13(19-17(22)15-7-4-8-18-15)12-20(16)9-10-23-14-5-2-1-3-6-14/h1-8,13,18H,9-12H2,(H,19,22). The number of aromatic amines is 1. The van der Waals surface area contributed by atoms with Crippen LogP contribution in [0.3, 0.4) is 0 Å². The summed E-state index contributed by atoms with van der Waals surface area (Å²) in [5.41, 5.74) is 0.503. The van der Waals surface area contributed by atoms with Crippen LogP contribution in [-0.4, -0.2) is 47.4 Å². The molecule has 2 amide bonds. The molecule has 1 aromatic carbocycles. The Balaban J connectivity index is 1.45. The molecule has 23 heavy (non-hydrogen) atoms. The second-order valence-corrected chi connectivity index (χ2v) is 5.46. The van der Waals surface area contributed by atoms with Crippen molar-refractivity contribution in [3.05, 3.63) is 54.4 Å². The molecule has 6 nitrogen and oxygen atoms in total. The molecule has 1 saturated heterocycles. The minimum absolute atomic E-state index is 0.0402. The van der Waals surface area contributed by atoms with Crippen molar-refractivity contribution in [3.8, 4) is 5.75 Å². The molecule has 2 aromatic rings. The Hall–Kier alpha value is -2.76. The van der Waals surface area contributed by atoms with Crippen molar-refractivity contribution >= 4 is 11.8 Å². The highest BCUT2D eigenvalue weighted by molar-refractivity contribution is 5.93. The third kappa shape index (κ3) is 3.91. The van der Waals surface area contributed by atoms with E-state index in [0.29, 0.717) is 31.8 Å². The Labute approximate surface area is 134 Å². The molecule has 3 rings (SSSR count). The molecule has 0 saturated carbocycles. The molecule has 0 bridgehead atoms. The minimum Gasteiger partial charge on any atom is -0.492 e. The van der Waals surface area contributed by atoms with E-state index >= 15 is 0 Å². The quantitative estimate of drug-likeness (QED) is 0.847. The molecule has 0 aliphatic carbocycles. The average molecular weight is 313 g/mol. The van der Waals surface area contributed by atoms with E-state index in [1.165, 1.54) is 0 Å². The summed E-state index contributed by atoms with van der Waals surface area (Å²) in [6.45, 7) is 1.47. The summed E-state index contributed by atoms with van der Waals surface area (Å²) in [4.78, 5) is 28.6. The summed E-state index contributed by atoms with van der Waals surface area (Å²) in [7, 11) is 0. The molecule has 1 fully saturated rings. The second kappa shape index (κ2) is 7.00. The Morgan fingerprint density at radius 2 is 2.09 bits per heavy atom. The van der Waals surface area contributed by atoms with Crippen molar-refractivity contribution in [2.75, 3.05) is 19.7 Å². The highest BCUT2D eigenvalue weighted by Crippen LogP contribution is 2.13. The predicted molar refractivity (Wildman–Crippen MR) is 85.2 cm³/mol. The number of H-pyrrole nitrogens is 1. The number of ether oxygens (including phenoxy) is 1. The normalized spacial score (nSPS) is 17.3. The number of benzene rings is 1. The second-order valence-electron chi connectivity index (χ2n) is 5.46. The van der Waals surface area contributed by atoms with Crippen LogP contribution in [0.15, 0.2) is 48.7 Å². The van der Waals surface area contributed by atoms with E-state index in [9.17, 15) is 9.59 Å². The number of carbonyl (C=O) groups excluding carboxylic acids is 2. The SMILES string of the molecule is O=C(NC1CC(=O)N(CCOc2ccccc2)C1)c1ccc[nH]1. The van der Waals surface area contributed by atoms with E-state index in [2.05, 4.69) is 10.3 Å². The average Bonchev–Trinajstić information content (AvgIpc) is 3.19. The van der Waals surface area contributed by atoms with E-state index in [1.54, 1.807) is 23.2 Å². The van der Waals surface area contributed by atoms with Gasteiger partial charge in [0.15, 0.2) is 0 Å². The van der Waals surface area contributed by atoms with Crippen LogP contribution in [0, 0.1) is 0 Å². The van der Waals surface area contributed by atoms with Gasteiger partial charge in [-0.1, -0.05) is 18.2 Å². The number of carbonyl (C=O) groups is 2. The molecule has 6 heteroatoms. The third-order valence-corrected chi connectivity index (χ3v) is 3.77. The van der Waals surface area contributed by atoms with Crippen LogP contribution in [0.2, 0.25) is 0 Å².